The molecule has 0 aromatic heterocycles. The Bertz CT molecular complexity index is 612. The van der Waals surface area contributed by atoms with E-state index in [4.69, 9.17) is 4.74 Å². The van der Waals surface area contributed by atoms with Gasteiger partial charge in [0.25, 0.3) is 0 Å². The Kier molecular flexibility index (Phi) is 4.53. The van der Waals surface area contributed by atoms with Crippen molar-refractivity contribution in [3.63, 3.8) is 0 Å². The highest BCUT2D eigenvalue weighted by atomic mass is 32.2. The molecule has 1 aromatic carbocycles. The van der Waals surface area contributed by atoms with Crippen LogP contribution in [0.1, 0.15) is 18.4 Å². The lowest BCUT2D eigenvalue weighted by Gasteiger charge is -2.37. The summed E-state index contributed by atoms with van der Waals surface area (Å²) in [6, 6.07) is 8.11. The van der Waals surface area contributed by atoms with Crippen LogP contribution in [0.15, 0.2) is 29.2 Å². The lowest BCUT2D eigenvalue weighted by Crippen LogP contribution is -2.49. The third kappa shape index (κ3) is 3.47. The topological polar surface area (TPSA) is 49.9 Å². The van der Waals surface area contributed by atoms with E-state index in [9.17, 15) is 9.59 Å². The van der Waals surface area contributed by atoms with Gasteiger partial charge in [0.15, 0.2) is 0 Å². The largest absolute Gasteiger partial charge is 0.441 e. The Morgan fingerprint density at radius 3 is 2.61 bits per heavy atom. The van der Waals surface area contributed by atoms with E-state index in [1.165, 1.54) is 5.56 Å². The third-order valence-corrected chi connectivity index (χ3v) is 5.77. The average molecular weight is 334 g/mol. The number of hydrogen-bond donors (Lipinski definition) is 0. The predicted octanol–water partition coefficient (Wildman–Crippen LogP) is 2.53. The quantitative estimate of drug-likeness (QED) is 0.797. The molecule has 1 spiro atoms. The van der Waals surface area contributed by atoms with Gasteiger partial charge in [-0.05, 0) is 18.6 Å². The maximum atomic E-state index is 12.4. The summed E-state index contributed by atoms with van der Waals surface area (Å²) in [4.78, 5) is 28.6. The van der Waals surface area contributed by atoms with Crippen molar-refractivity contribution < 1.29 is 14.3 Å². The summed E-state index contributed by atoms with van der Waals surface area (Å²) in [5.41, 5.74) is 0.815. The monoisotopic (exact) mass is 334 g/mol. The minimum atomic E-state index is -0.383. The molecule has 2 aliphatic heterocycles. The number of likely N-dealkylation sites (tertiary alicyclic amines) is 1. The zero-order chi connectivity index (χ0) is 16.4. The Hall–Kier alpha value is -1.69. The molecule has 0 radical (unpaired) electrons. The number of benzene rings is 1. The van der Waals surface area contributed by atoms with Gasteiger partial charge < -0.3 is 14.5 Å². The fourth-order valence-corrected chi connectivity index (χ4v) is 4.10. The van der Waals surface area contributed by atoms with Gasteiger partial charge in [0.05, 0.1) is 12.3 Å². The first-order valence-corrected chi connectivity index (χ1v) is 8.88. The molecule has 3 rings (SSSR count). The standard InChI is InChI=1S/C17H22N2O3S/c1-13-5-3-4-6-14(13)23-11-15(20)19-9-7-17(8-10-19)12-18(2)16(21)22-17/h3-6H,7-12H2,1-2H3. The van der Waals surface area contributed by atoms with Crippen LogP contribution in [0.25, 0.3) is 0 Å². The second-order valence-corrected chi connectivity index (χ2v) is 7.36. The molecule has 1 aromatic rings. The van der Waals surface area contributed by atoms with Crippen molar-refractivity contribution in [3.8, 4) is 0 Å². The SMILES string of the molecule is Cc1ccccc1SCC(=O)N1CCC2(CC1)CN(C)C(=O)O2. The minimum absolute atomic E-state index is 0.158. The van der Waals surface area contributed by atoms with Gasteiger partial charge in [-0.1, -0.05) is 18.2 Å². The van der Waals surface area contributed by atoms with Crippen molar-refractivity contribution in [1.82, 2.24) is 9.80 Å². The number of aryl methyl sites for hydroxylation is 1. The molecular formula is C17H22N2O3S. The molecule has 0 bridgehead atoms. The van der Waals surface area contributed by atoms with Gasteiger partial charge in [-0.3, -0.25) is 4.79 Å². The molecule has 2 aliphatic rings. The van der Waals surface area contributed by atoms with Crippen LogP contribution < -0.4 is 0 Å². The van der Waals surface area contributed by atoms with Gasteiger partial charge in [-0.25, -0.2) is 4.79 Å². The number of thioether (sulfide) groups is 1. The first kappa shape index (κ1) is 16.2. The van der Waals surface area contributed by atoms with Crippen molar-refractivity contribution >= 4 is 23.8 Å². The normalized spacial score (nSPS) is 20.0. The maximum Gasteiger partial charge on any atom is 0.410 e. The van der Waals surface area contributed by atoms with Crippen LogP contribution in [0, 0.1) is 6.92 Å². The van der Waals surface area contributed by atoms with Gasteiger partial charge in [0.1, 0.15) is 5.60 Å². The van der Waals surface area contributed by atoms with Crippen LogP contribution in [0.3, 0.4) is 0 Å². The van der Waals surface area contributed by atoms with Crippen molar-refractivity contribution in [2.24, 2.45) is 0 Å². The number of likely N-dealkylation sites (N-methyl/N-ethyl adjacent to an activating group) is 1. The highest BCUT2D eigenvalue weighted by Crippen LogP contribution is 2.33. The summed E-state index contributed by atoms with van der Waals surface area (Å²) in [6.07, 6.45) is 1.20. The van der Waals surface area contributed by atoms with E-state index in [-0.39, 0.29) is 17.6 Å². The number of amides is 2. The second-order valence-electron chi connectivity index (χ2n) is 6.34. The zero-order valence-electron chi connectivity index (χ0n) is 13.6. The summed E-state index contributed by atoms with van der Waals surface area (Å²) in [5.74, 6) is 0.614. The number of hydrogen-bond acceptors (Lipinski definition) is 4. The van der Waals surface area contributed by atoms with E-state index in [1.807, 2.05) is 23.1 Å². The van der Waals surface area contributed by atoms with Gasteiger partial charge >= 0.3 is 6.09 Å². The first-order chi connectivity index (χ1) is 11.0. The van der Waals surface area contributed by atoms with E-state index in [2.05, 4.69) is 13.0 Å². The Morgan fingerprint density at radius 1 is 1.30 bits per heavy atom. The van der Waals surface area contributed by atoms with Crippen LogP contribution in [-0.4, -0.2) is 59.8 Å². The average Bonchev–Trinajstić information content (AvgIpc) is 2.81. The lowest BCUT2D eigenvalue weighted by molar-refractivity contribution is -0.131. The van der Waals surface area contributed by atoms with Crippen LogP contribution in [-0.2, 0) is 9.53 Å². The molecule has 23 heavy (non-hydrogen) atoms. The summed E-state index contributed by atoms with van der Waals surface area (Å²) in [6.45, 7) is 4.01. The van der Waals surface area contributed by atoms with Crippen LogP contribution in [0.4, 0.5) is 4.79 Å². The molecule has 2 heterocycles. The third-order valence-electron chi connectivity index (χ3n) is 4.61. The highest BCUT2D eigenvalue weighted by molar-refractivity contribution is 8.00. The molecule has 6 heteroatoms. The molecule has 5 nitrogen and oxygen atoms in total. The van der Waals surface area contributed by atoms with Crippen molar-refractivity contribution in [1.29, 1.82) is 0 Å². The number of carbonyl (C=O) groups is 2. The predicted molar refractivity (Wildman–Crippen MR) is 89.6 cm³/mol. The molecular weight excluding hydrogens is 312 g/mol. The molecule has 0 aliphatic carbocycles. The fraction of sp³-hybridized carbons (Fsp3) is 0.529. The fourth-order valence-electron chi connectivity index (χ4n) is 3.17. The molecule has 2 saturated heterocycles. The Morgan fingerprint density at radius 2 is 2.00 bits per heavy atom. The second kappa shape index (κ2) is 6.43. The summed E-state index contributed by atoms with van der Waals surface area (Å²) < 4.78 is 5.52. The van der Waals surface area contributed by atoms with E-state index in [0.717, 1.165) is 17.7 Å². The summed E-state index contributed by atoms with van der Waals surface area (Å²) in [7, 11) is 1.76. The molecule has 2 fully saturated rings. The Balaban J connectivity index is 1.51. The maximum absolute atomic E-state index is 12.4. The summed E-state index contributed by atoms with van der Waals surface area (Å²) >= 11 is 1.59. The van der Waals surface area contributed by atoms with Crippen LogP contribution in [0.5, 0.6) is 0 Å². The van der Waals surface area contributed by atoms with Gasteiger partial charge in [0.2, 0.25) is 5.91 Å². The molecule has 0 saturated carbocycles. The first-order valence-electron chi connectivity index (χ1n) is 7.89. The number of rotatable bonds is 3. The number of carbonyl (C=O) groups excluding carboxylic acids is 2. The molecule has 2 amide bonds. The summed E-state index contributed by atoms with van der Waals surface area (Å²) in [5, 5.41) is 0. The van der Waals surface area contributed by atoms with E-state index < -0.39 is 0 Å². The number of ether oxygens (including phenoxy) is 1. The van der Waals surface area contributed by atoms with Crippen molar-refractivity contribution in [2.75, 3.05) is 32.4 Å². The van der Waals surface area contributed by atoms with Crippen LogP contribution >= 0.6 is 11.8 Å². The molecule has 124 valence electrons. The minimum Gasteiger partial charge on any atom is -0.441 e. The van der Waals surface area contributed by atoms with E-state index in [0.29, 0.717) is 25.4 Å². The zero-order valence-corrected chi connectivity index (χ0v) is 14.4. The van der Waals surface area contributed by atoms with Crippen molar-refractivity contribution in [2.45, 2.75) is 30.3 Å². The van der Waals surface area contributed by atoms with E-state index >= 15 is 0 Å². The number of nitrogens with zero attached hydrogens (tertiary/aromatic N) is 2. The smallest absolute Gasteiger partial charge is 0.410 e. The van der Waals surface area contributed by atoms with Gasteiger partial charge in [-0.15, -0.1) is 11.8 Å². The molecule has 0 unspecified atom stereocenters. The highest BCUT2D eigenvalue weighted by Gasteiger charge is 2.46. The van der Waals surface area contributed by atoms with Crippen LogP contribution in [0.2, 0.25) is 0 Å². The lowest BCUT2D eigenvalue weighted by atomic mass is 9.91. The van der Waals surface area contributed by atoms with E-state index in [1.54, 1.807) is 23.7 Å². The Labute approximate surface area is 141 Å². The van der Waals surface area contributed by atoms with Crippen molar-refractivity contribution in [3.05, 3.63) is 29.8 Å². The molecule has 0 N–H and O–H groups in total. The number of piperidine rings is 1. The molecule has 0 atom stereocenters. The van der Waals surface area contributed by atoms with Gasteiger partial charge in [-0.2, -0.15) is 0 Å². The van der Waals surface area contributed by atoms with Gasteiger partial charge in [0, 0.05) is 37.9 Å².